The molecule has 2 saturated heterocycles. The van der Waals surface area contributed by atoms with Gasteiger partial charge in [-0.05, 0) is 31.8 Å². The summed E-state index contributed by atoms with van der Waals surface area (Å²) in [6, 6.07) is 0. The first kappa shape index (κ1) is 8.81. The van der Waals surface area contributed by atoms with Gasteiger partial charge in [0.15, 0.2) is 0 Å². The van der Waals surface area contributed by atoms with E-state index in [9.17, 15) is 4.79 Å². The number of ether oxygens (including phenoxy) is 1. The highest BCUT2D eigenvalue weighted by Crippen LogP contribution is 2.23. The van der Waals surface area contributed by atoms with Gasteiger partial charge in [0.1, 0.15) is 0 Å². The van der Waals surface area contributed by atoms with Crippen molar-refractivity contribution in [3.63, 3.8) is 0 Å². The Kier molecular flexibility index (Phi) is 2.68. The largest absolute Gasteiger partial charge is 0.449 e. The number of carbonyl (C=O) groups is 1. The van der Waals surface area contributed by atoms with Crippen LogP contribution in [0.1, 0.15) is 12.8 Å². The number of hydrogen-bond donors (Lipinski definition) is 2. The van der Waals surface area contributed by atoms with Gasteiger partial charge >= 0.3 is 6.09 Å². The third kappa shape index (κ3) is 2.12. The number of nitrogens with one attached hydrogen (secondary N) is 2. The molecule has 2 rings (SSSR count). The van der Waals surface area contributed by atoms with Crippen molar-refractivity contribution in [1.29, 1.82) is 0 Å². The molecule has 74 valence electrons. The van der Waals surface area contributed by atoms with Gasteiger partial charge in [-0.1, -0.05) is 0 Å². The molecule has 0 saturated carbocycles. The Balaban J connectivity index is 1.82. The van der Waals surface area contributed by atoms with Crippen LogP contribution in [0.2, 0.25) is 0 Å². The van der Waals surface area contributed by atoms with Crippen LogP contribution in [0, 0.1) is 11.8 Å². The monoisotopic (exact) mass is 184 g/mol. The van der Waals surface area contributed by atoms with E-state index in [-0.39, 0.29) is 6.09 Å². The SMILES string of the molecule is O=C1NCC(C2CCNCC2)CO1. The maximum Gasteiger partial charge on any atom is 0.407 e. The van der Waals surface area contributed by atoms with E-state index < -0.39 is 0 Å². The number of alkyl carbamates (subject to hydrolysis) is 1. The number of hydrogen-bond acceptors (Lipinski definition) is 3. The van der Waals surface area contributed by atoms with Gasteiger partial charge < -0.3 is 15.4 Å². The van der Waals surface area contributed by atoms with E-state index in [0.717, 1.165) is 25.6 Å². The Morgan fingerprint density at radius 1 is 1.23 bits per heavy atom. The molecule has 1 atom stereocenters. The number of amides is 1. The minimum absolute atomic E-state index is 0.259. The smallest absolute Gasteiger partial charge is 0.407 e. The number of cyclic esters (lactones) is 1. The third-order valence-electron chi connectivity index (χ3n) is 2.99. The van der Waals surface area contributed by atoms with Gasteiger partial charge in [-0.3, -0.25) is 0 Å². The van der Waals surface area contributed by atoms with Crippen molar-refractivity contribution < 1.29 is 9.53 Å². The molecule has 0 aromatic carbocycles. The molecule has 13 heavy (non-hydrogen) atoms. The lowest BCUT2D eigenvalue weighted by Gasteiger charge is -2.32. The van der Waals surface area contributed by atoms with E-state index in [1.165, 1.54) is 12.8 Å². The highest BCUT2D eigenvalue weighted by molar-refractivity contribution is 5.67. The number of rotatable bonds is 1. The summed E-state index contributed by atoms with van der Waals surface area (Å²) in [6.07, 6.45) is 2.17. The molecule has 0 aliphatic carbocycles. The van der Waals surface area contributed by atoms with Crippen LogP contribution < -0.4 is 10.6 Å². The van der Waals surface area contributed by atoms with E-state index in [0.29, 0.717) is 12.5 Å². The van der Waals surface area contributed by atoms with Gasteiger partial charge in [0.2, 0.25) is 0 Å². The lowest BCUT2D eigenvalue weighted by molar-refractivity contribution is 0.0746. The molecule has 1 amide bonds. The van der Waals surface area contributed by atoms with Gasteiger partial charge in [0.05, 0.1) is 6.61 Å². The minimum atomic E-state index is -0.259. The highest BCUT2D eigenvalue weighted by Gasteiger charge is 2.27. The van der Waals surface area contributed by atoms with Crippen molar-refractivity contribution >= 4 is 6.09 Å². The average molecular weight is 184 g/mol. The predicted octanol–water partition coefficient (Wildman–Crippen LogP) is 0.342. The fourth-order valence-corrected chi connectivity index (χ4v) is 2.13. The van der Waals surface area contributed by atoms with Crippen molar-refractivity contribution in [3.8, 4) is 0 Å². The summed E-state index contributed by atoms with van der Waals surface area (Å²) in [7, 11) is 0. The van der Waals surface area contributed by atoms with Crippen molar-refractivity contribution in [1.82, 2.24) is 10.6 Å². The van der Waals surface area contributed by atoms with E-state index in [2.05, 4.69) is 10.6 Å². The van der Waals surface area contributed by atoms with E-state index in [1.807, 2.05) is 0 Å². The Labute approximate surface area is 78.0 Å². The molecule has 2 fully saturated rings. The summed E-state index contributed by atoms with van der Waals surface area (Å²) in [6.45, 7) is 3.62. The lowest BCUT2D eigenvalue weighted by atomic mass is 9.85. The van der Waals surface area contributed by atoms with Crippen molar-refractivity contribution in [2.75, 3.05) is 26.2 Å². The summed E-state index contributed by atoms with van der Waals surface area (Å²) in [5.41, 5.74) is 0. The van der Waals surface area contributed by atoms with Crippen LogP contribution in [0.15, 0.2) is 0 Å². The first-order valence-corrected chi connectivity index (χ1v) is 4.97. The van der Waals surface area contributed by atoms with Crippen LogP contribution in [0.25, 0.3) is 0 Å². The Morgan fingerprint density at radius 2 is 2.00 bits per heavy atom. The molecule has 2 aliphatic heterocycles. The molecule has 0 spiro atoms. The molecule has 2 N–H and O–H groups in total. The Morgan fingerprint density at radius 3 is 2.62 bits per heavy atom. The zero-order valence-corrected chi connectivity index (χ0v) is 7.71. The molecule has 2 aliphatic rings. The molecular formula is C9H16N2O2. The summed E-state index contributed by atoms with van der Waals surface area (Å²) >= 11 is 0. The lowest BCUT2D eigenvalue weighted by Crippen LogP contribution is -2.44. The molecule has 0 aromatic heterocycles. The summed E-state index contributed by atoms with van der Waals surface area (Å²) in [5, 5.41) is 6.08. The maximum absolute atomic E-state index is 10.7. The Hall–Kier alpha value is -0.770. The fraction of sp³-hybridized carbons (Fsp3) is 0.889. The van der Waals surface area contributed by atoms with Gasteiger partial charge in [-0.2, -0.15) is 0 Å². The molecule has 4 heteroatoms. The van der Waals surface area contributed by atoms with E-state index in [4.69, 9.17) is 4.74 Å². The van der Waals surface area contributed by atoms with Crippen LogP contribution in [0.3, 0.4) is 0 Å². The van der Waals surface area contributed by atoms with Crippen LogP contribution in [-0.4, -0.2) is 32.3 Å². The zero-order valence-electron chi connectivity index (χ0n) is 7.71. The topological polar surface area (TPSA) is 50.4 Å². The molecular weight excluding hydrogens is 168 g/mol. The second kappa shape index (κ2) is 3.96. The van der Waals surface area contributed by atoms with Crippen LogP contribution in [-0.2, 0) is 4.74 Å². The quantitative estimate of drug-likeness (QED) is 0.618. The normalized spacial score (nSPS) is 30.8. The minimum Gasteiger partial charge on any atom is -0.449 e. The summed E-state index contributed by atoms with van der Waals surface area (Å²) < 4.78 is 4.97. The number of carbonyl (C=O) groups excluding carboxylic acids is 1. The van der Waals surface area contributed by atoms with E-state index in [1.54, 1.807) is 0 Å². The van der Waals surface area contributed by atoms with E-state index >= 15 is 0 Å². The van der Waals surface area contributed by atoms with Crippen LogP contribution in [0.5, 0.6) is 0 Å². The molecule has 0 radical (unpaired) electrons. The first-order chi connectivity index (χ1) is 6.36. The van der Waals surface area contributed by atoms with Crippen molar-refractivity contribution in [3.05, 3.63) is 0 Å². The summed E-state index contributed by atoms with van der Waals surface area (Å²) in [4.78, 5) is 10.7. The van der Waals surface area contributed by atoms with Crippen molar-refractivity contribution in [2.45, 2.75) is 12.8 Å². The summed E-state index contributed by atoms with van der Waals surface area (Å²) in [5.74, 6) is 1.25. The Bertz CT molecular complexity index is 180. The molecule has 0 aromatic rings. The average Bonchev–Trinajstić information content (AvgIpc) is 2.20. The first-order valence-electron chi connectivity index (χ1n) is 4.97. The van der Waals surface area contributed by atoms with Crippen LogP contribution in [0.4, 0.5) is 4.79 Å². The highest BCUT2D eigenvalue weighted by atomic mass is 16.6. The number of piperidine rings is 1. The molecule has 1 unspecified atom stereocenters. The predicted molar refractivity (Wildman–Crippen MR) is 48.4 cm³/mol. The maximum atomic E-state index is 10.7. The molecule has 4 nitrogen and oxygen atoms in total. The second-order valence-corrected chi connectivity index (χ2v) is 3.83. The van der Waals surface area contributed by atoms with Gasteiger partial charge in [-0.25, -0.2) is 4.79 Å². The van der Waals surface area contributed by atoms with Crippen LogP contribution >= 0.6 is 0 Å². The van der Waals surface area contributed by atoms with Gasteiger partial charge in [-0.15, -0.1) is 0 Å². The van der Waals surface area contributed by atoms with Gasteiger partial charge in [0, 0.05) is 12.5 Å². The fourth-order valence-electron chi connectivity index (χ4n) is 2.13. The zero-order chi connectivity index (χ0) is 9.10. The second-order valence-electron chi connectivity index (χ2n) is 3.83. The van der Waals surface area contributed by atoms with Gasteiger partial charge in [0.25, 0.3) is 0 Å². The third-order valence-corrected chi connectivity index (χ3v) is 2.99. The molecule has 0 bridgehead atoms. The molecule has 2 heterocycles. The standard InChI is InChI=1S/C9H16N2O2/c12-9-11-5-8(6-13-9)7-1-3-10-4-2-7/h7-8,10H,1-6H2,(H,11,12). The van der Waals surface area contributed by atoms with Crippen molar-refractivity contribution in [2.24, 2.45) is 11.8 Å².